The zero-order chi connectivity index (χ0) is 12.7. The van der Waals surface area contributed by atoms with Crippen molar-refractivity contribution >= 4 is 28.1 Å². The lowest BCUT2D eigenvalue weighted by Crippen LogP contribution is -2.03. The van der Waals surface area contributed by atoms with Crippen LogP contribution in [0.3, 0.4) is 0 Å². The molecule has 92 valence electrons. The van der Waals surface area contributed by atoms with Crippen molar-refractivity contribution < 1.29 is 0 Å². The Morgan fingerprint density at radius 1 is 1.22 bits per heavy atom. The fraction of sp³-hybridized carbons (Fsp3) is 0.214. The van der Waals surface area contributed by atoms with Crippen molar-refractivity contribution in [3.8, 4) is 10.7 Å². The molecule has 0 saturated heterocycles. The van der Waals surface area contributed by atoms with Crippen LogP contribution < -0.4 is 5.73 Å². The van der Waals surface area contributed by atoms with Crippen molar-refractivity contribution in [2.45, 2.75) is 19.9 Å². The van der Waals surface area contributed by atoms with Gasteiger partial charge in [0.05, 0.1) is 21.6 Å². The van der Waals surface area contributed by atoms with Gasteiger partial charge in [-0.1, -0.05) is 12.1 Å². The molecule has 0 aliphatic heterocycles. The molecule has 1 aromatic carbocycles. The van der Waals surface area contributed by atoms with Crippen LogP contribution in [0.1, 0.15) is 19.9 Å². The van der Waals surface area contributed by atoms with E-state index in [1.165, 1.54) is 0 Å². The third-order valence-corrected chi connectivity index (χ3v) is 3.94. The zero-order valence-electron chi connectivity index (χ0n) is 10.4. The molecule has 0 radical (unpaired) electrons. The fourth-order valence-corrected chi connectivity index (χ4v) is 3.03. The lowest BCUT2D eigenvalue weighted by atomic mass is 10.3. The predicted octanol–water partition coefficient (Wildman–Crippen LogP) is 3.93. The summed E-state index contributed by atoms with van der Waals surface area (Å²) in [5.74, 6) is 0.971. The maximum absolute atomic E-state index is 6.02. The van der Waals surface area contributed by atoms with Gasteiger partial charge in [-0.15, -0.1) is 11.3 Å². The molecule has 0 aliphatic carbocycles. The first-order valence-electron chi connectivity index (χ1n) is 5.99. The van der Waals surface area contributed by atoms with E-state index in [1.54, 1.807) is 11.3 Å². The molecule has 2 heterocycles. The van der Waals surface area contributed by atoms with Crippen LogP contribution >= 0.6 is 11.3 Å². The Labute approximate surface area is 110 Å². The Kier molecular flexibility index (Phi) is 2.59. The Morgan fingerprint density at radius 3 is 2.67 bits per heavy atom. The van der Waals surface area contributed by atoms with Crippen molar-refractivity contribution in [3.05, 3.63) is 35.7 Å². The van der Waals surface area contributed by atoms with Crippen molar-refractivity contribution in [3.63, 3.8) is 0 Å². The molecule has 3 nitrogen and oxygen atoms in total. The maximum Gasteiger partial charge on any atom is 0.153 e. The summed E-state index contributed by atoms with van der Waals surface area (Å²) in [4.78, 5) is 5.79. The zero-order valence-corrected chi connectivity index (χ0v) is 11.2. The highest BCUT2D eigenvalue weighted by Gasteiger charge is 2.17. The predicted molar refractivity (Wildman–Crippen MR) is 77.8 cm³/mol. The van der Waals surface area contributed by atoms with E-state index in [2.05, 4.69) is 24.5 Å². The summed E-state index contributed by atoms with van der Waals surface area (Å²) in [7, 11) is 0. The molecule has 0 unspecified atom stereocenters. The van der Waals surface area contributed by atoms with Crippen LogP contribution in [0.2, 0.25) is 0 Å². The summed E-state index contributed by atoms with van der Waals surface area (Å²) in [6.45, 7) is 4.34. The Morgan fingerprint density at radius 2 is 2.00 bits per heavy atom. The lowest BCUT2D eigenvalue weighted by molar-refractivity contribution is 0.625. The van der Waals surface area contributed by atoms with Crippen LogP contribution in [0, 0.1) is 0 Å². The quantitative estimate of drug-likeness (QED) is 0.756. The van der Waals surface area contributed by atoms with Crippen molar-refractivity contribution in [2.24, 2.45) is 0 Å². The monoisotopic (exact) mass is 257 g/mol. The third kappa shape index (κ3) is 1.61. The fourth-order valence-electron chi connectivity index (χ4n) is 2.23. The van der Waals surface area contributed by atoms with Crippen molar-refractivity contribution in [1.29, 1.82) is 0 Å². The Balaban J connectivity index is 2.35. The number of anilines is 1. The summed E-state index contributed by atoms with van der Waals surface area (Å²) in [6.07, 6.45) is 0. The largest absolute Gasteiger partial charge is 0.397 e. The van der Waals surface area contributed by atoms with Gasteiger partial charge in [0, 0.05) is 6.04 Å². The SMILES string of the molecule is CC(C)n1c(-c2sccc2N)nc2ccccc21. The van der Waals surface area contributed by atoms with Gasteiger partial charge in [0.25, 0.3) is 0 Å². The van der Waals surface area contributed by atoms with Gasteiger partial charge < -0.3 is 10.3 Å². The lowest BCUT2D eigenvalue weighted by Gasteiger charge is -2.12. The van der Waals surface area contributed by atoms with E-state index in [0.29, 0.717) is 6.04 Å². The number of hydrogen-bond acceptors (Lipinski definition) is 3. The molecule has 0 bridgehead atoms. The molecule has 3 aromatic rings. The third-order valence-electron chi connectivity index (χ3n) is 3.01. The second kappa shape index (κ2) is 4.14. The van der Waals surface area contributed by atoms with Crippen LogP contribution in [-0.2, 0) is 0 Å². The second-order valence-electron chi connectivity index (χ2n) is 4.59. The molecule has 2 N–H and O–H groups in total. The molecule has 0 fully saturated rings. The average molecular weight is 257 g/mol. The van der Waals surface area contributed by atoms with Crippen LogP contribution in [-0.4, -0.2) is 9.55 Å². The number of benzene rings is 1. The average Bonchev–Trinajstić information content (AvgIpc) is 2.91. The highest BCUT2D eigenvalue weighted by molar-refractivity contribution is 7.14. The number of nitrogen functional groups attached to an aromatic ring is 1. The smallest absolute Gasteiger partial charge is 0.153 e. The number of hydrogen-bond donors (Lipinski definition) is 1. The topological polar surface area (TPSA) is 43.8 Å². The number of nitrogens with zero attached hydrogens (tertiary/aromatic N) is 2. The highest BCUT2D eigenvalue weighted by Crippen LogP contribution is 2.34. The molecule has 4 heteroatoms. The number of rotatable bonds is 2. The number of imidazole rings is 1. The Bertz CT molecular complexity index is 694. The molecule has 0 amide bonds. The van der Waals surface area contributed by atoms with Gasteiger partial charge >= 0.3 is 0 Å². The number of thiophene rings is 1. The van der Waals surface area contributed by atoms with Gasteiger partial charge in [-0.25, -0.2) is 4.98 Å². The van der Waals surface area contributed by atoms with Gasteiger partial charge in [-0.3, -0.25) is 0 Å². The summed E-state index contributed by atoms with van der Waals surface area (Å²) in [5.41, 5.74) is 9.01. The molecule has 0 saturated carbocycles. The van der Waals surface area contributed by atoms with E-state index >= 15 is 0 Å². The van der Waals surface area contributed by atoms with Gasteiger partial charge in [0.2, 0.25) is 0 Å². The number of aromatic nitrogens is 2. The van der Waals surface area contributed by atoms with Crippen LogP contribution in [0.5, 0.6) is 0 Å². The van der Waals surface area contributed by atoms with E-state index in [9.17, 15) is 0 Å². The Hall–Kier alpha value is -1.81. The van der Waals surface area contributed by atoms with E-state index in [0.717, 1.165) is 27.4 Å². The van der Waals surface area contributed by atoms with Crippen molar-refractivity contribution in [2.75, 3.05) is 5.73 Å². The minimum Gasteiger partial charge on any atom is -0.397 e. The van der Waals surface area contributed by atoms with Crippen molar-refractivity contribution in [1.82, 2.24) is 9.55 Å². The van der Waals surface area contributed by atoms with Gasteiger partial charge in [0.1, 0.15) is 0 Å². The first-order valence-corrected chi connectivity index (χ1v) is 6.86. The van der Waals surface area contributed by atoms with Crippen LogP contribution in [0.25, 0.3) is 21.7 Å². The van der Waals surface area contributed by atoms with Gasteiger partial charge in [-0.2, -0.15) is 0 Å². The maximum atomic E-state index is 6.02. The normalized spacial score (nSPS) is 11.5. The second-order valence-corrected chi connectivity index (χ2v) is 5.51. The van der Waals surface area contributed by atoms with E-state index in [1.807, 2.05) is 29.6 Å². The molecule has 0 atom stereocenters. The minimum absolute atomic E-state index is 0.355. The number of para-hydroxylation sites is 2. The summed E-state index contributed by atoms with van der Waals surface area (Å²) in [6, 6.07) is 10.5. The molecular weight excluding hydrogens is 242 g/mol. The summed E-state index contributed by atoms with van der Waals surface area (Å²) < 4.78 is 2.25. The minimum atomic E-state index is 0.355. The summed E-state index contributed by atoms with van der Waals surface area (Å²) in [5, 5.41) is 2.01. The molecule has 3 rings (SSSR count). The molecule has 2 aromatic heterocycles. The van der Waals surface area contributed by atoms with E-state index in [-0.39, 0.29) is 0 Å². The number of nitrogens with two attached hydrogens (primary N) is 1. The molecular formula is C14H15N3S. The number of fused-ring (bicyclic) bond motifs is 1. The first kappa shape index (κ1) is 11.3. The van der Waals surface area contributed by atoms with E-state index in [4.69, 9.17) is 10.7 Å². The molecule has 0 aliphatic rings. The van der Waals surface area contributed by atoms with E-state index < -0.39 is 0 Å². The molecule has 0 spiro atoms. The first-order chi connectivity index (χ1) is 8.68. The highest BCUT2D eigenvalue weighted by atomic mass is 32.1. The molecule has 18 heavy (non-hydrogen) atoms. The van der Waals surface area contributed by atoms with Gasteiger partial charge in [-0.05, 0) is 37.4 Å². The standard InChI is InChI=1S/C14H15N3S/c1-9(2)17-12-6-4-3-5-11(12)16-14(17)13-10(15)7-8-18-13/h3-9H,15H2,1-2H3. The van der Waals surface area contributed by atoms with Gasteiger partial charge in [0.15, 0.2) is 5.82 Å². The van der Waals surface area contributed by atoms with Crippen LogP contribution in [0.4, 0.5) is 5.69 Å². The van der Waals surface area contributed by atoms with Crippen LogP contribution in [0.15, 0.2) is 35.7 Å². The summed E-state index contributed by atoms with van der Waals surface area (Å²) >= 11 is 1.64.